The maximum Gasteiger partial charge on any atom is 0.255 e. The van der Waals surface area contributed by atoms with Crippen LogP contribution in [0.5, 0.6) is 5.75 Å². The van der Waals surface area contributed by atoms with Gasteiger partial charge in [0.15, 0.2) is 6.61 Å². The normalized spacial score (nSPS) is 10.3. The quantitative estimate of drug-likeness (QED) is 0.933. The summed E-state index contributed by atoms with van der Waals surface area (Å²) in [6.45, 7) is -0.135. The van der Waals surface area contributed by atoms with E-state index in [1.165, 1.54) is 0 Å². The summed E-state index contributed by atoms with van der Waals surface area (Å²) in [6, 6.07) is 5.59. The fourth-order valence-corrected chi connectivity index (χ4v) is 1.94. The molecule has 4 nitrogen and oxygen atoms in total. The van der Waals surface area contributed by atoms with Crippen molar-refractivity contribution in [2.45, 2.75) is 0 Å². The lowest BCUT2D eigenvalue weighted by atomic mass is 10.2. The van der Waals surface area contributed by atoms with Crippen LogP contribution in [0.1, 0.15) is 0 Å². The van der Waals surface area contributed by atoms with E-state index in [9.17, 15) is 4.79 Å². The zero-order chi connectivity index (χ0) is 11.5. The lowest BCUT2D eigenvalue weighted by Gasteiger charge is -2.08. The molecule has 82 valence electrons. The van der Waals surface area contributed by atoms with E-state index in [0.717, 1.165) is 15.2 Å². The van der Waals surface area contributed by atoms with E-state index in [2.05, 4.69) is 20.9 Å². The number of carbonyl (C=O) groups excluding carboxylic acids is 1. The Labute approximate surface area is 101 Å². The third-order valence-corrected chi connectivity index (χ3v) is 2.91. The minimum absolute atomic E-state index is 0.135. The van der Waals surface area contributed by atoms with Crippen molar-refractivity contribution in [1.29, 1.82) is 0 Å². The van der Waals surface area contributed by atoms with Crippen molar-refractivity contribution in [2.24, 2.45) is 5.73 Å². The highest BCUT2D eigenvalue weighted by atomic mass is 79.9. The monoisotopic (exact) mass is 280 g/mol. The minimum atomic E-state index is -0.502. The average Bonchev–Trinajstić information content (AvgIpc) is 2.28. The maximum absolute atomic E-state index is 10.6. The van der Waals surface area contributed by atoms with Gasteiger partial charge in [0.25, 0.3) is 5.91 Å². The van der Waals surface area contributed by atoms with Crippen LogP contribution in [-0.4, -0.2) is 17.5 Å². The SMILES string of the molecule is NC(=O)COc1ccc2ccncc2c1Br. The van der Waals surface area contributed by atoms with Crippen molar-refractivity contribution >= 4 is 32.6 Å². The summed E-state index contributed by atoms with van der Waals surface area (Å²) in [6.07, 6.45) is 3.45. The molecular formula is C11H9BrN2O2. The molecule has 1 amide bonds. The Balaban J connectivity index is 2.40. The number of primary amides is 1. The van der Waals surface area contributed by atoms with Gasteiger partial charge in [-0.1, -0.05) is 6.07 Å². The highest BCUT2D eigenvalue weighted by molar-refractivity contribution is 9.10. The number of rotatable bonds is 3. The van der Waals surface area contributed by atoms with Gasteiger partial charge >= 0.3 is 0 Å². The number of nitrogens with zero attached hydrogens (tertiary/aromatic N) is 1. The fourth-order valence-electron chi connectivity index (χ4n) is 1.37. The summed E-state index contributed by atoms with van der Waals surface area (Å²) >= 11 is 3.41. The topological polar surface area (TPSA) is 65.2 Å². The van der Waals surface area contributed by atoms with Gasteiger partial charge in [0.05, 0.1) is 4.47 Å². The molecule has 0 aliphatic rings. The first-order chi connectivity index (χ1) is 7.68. The molecular weight excluding hydrogens is 272 g/mol. The molecule has 1 heterocycles. The lowest BCUT2D eigenvalue weighted by molar-refractivity contribution is -0.119. The van der Waals surface area contributed by atoms with Crippen LogP contribution < -0.4 is 10.5 Å². The summed E-state index contributed by atoms with van der Waals surface area (Å²) in [7, 11) is 0. The van der Waals surface area contributed by atoms with Crippen molar-refractivity contribution in [2.75, 3.05) is 6.61 Å². The van der Waals surface area contributed by atoms with Crippen LogP contribution in [-0.2, 0) is 4.79 Å². The zero-order valence-electron chi connectivity index (χ0n) is 8.31. The Bertz CT molecular complexity index is 542. The van der Waals surface area contributed by atoms with E-state index in [1.54, 1.807) is 18.5 Å². The predicted octanol–water partition coefficient (Wildman–Crippen LogP) is 1.86. The molecule has 0 saturated heterocycles. The van der Waals surface area contributed by atoms with E-state index in [0.29, 0.717) is 5.75 Å². The van der Waals surface area contributed by atoms with Gasteiger partial charge in [-0.05, 0) is 33.4 Å². The number of hydrogen-bond donors (Lipinski definition) is 1. The summed E-state index contributed by atoms with van der Waals surface area (Å²) in [5.41, 5.74) is 5.01. The molecule has 0 atom stereocenters. The largest absolute Gasteiger partial charge is 0.483 e. The van der Waals surface area contributed by atoms with Gasteiger partial charge in [-0.15, -0.1) is 0 Å². The van der Waals surface area contributed by atoms with Gasteiger partial charge in [-0.25, -0.2) is 0 Å². The van der Waals surface area contributed by atoms with E-state index < -0.39 is 5.91 Å². The number of nitrogens with two attached hydrogens (primary N) is 1. The van der Waals surface area contributed by atoms with Crippen LogP contribution in [0.25, 0.3) is 10.8 Å². The molecule has 0 fully saturated rings. The molecule has 2 rings (SSSR count). The third-order valence-electron chi connectivity index (χ3n) is 2.09. The first-order valence-corrected chi connectivity index (χ1v) is 5.41. The number of hydrogen-bond acceptors (Lipinski definition) is 3. The van der Waals surface area contributed by atoms with Crippen molar-refractivity contribution in [3.05, 3.63) is 35.1 Å². The van der Waals surface area contributed by atoms with Gasteiger partial charge in [0, 0.05) is 17.8 Å². The van der Waals surface area contributed by atoms with E-state index in [4.69, 9.17) is 10.5 Å². The highest BCUT2D eigenvalue weighted by Gasteiger charge is 2.06. The molecule has 0 aliphatic carbocycles. The number of carbonyl (C=O) groups is 1. The second kappa shape index (κ2) is 4.49. The van der Waals surface area contributed by atoms with Crippen molar-refractivity contribution < 1.29 is 9.53 Å². The maximum atomic E-state index is 10.6. The van der Waals surface area contributed by atoms with Crippen molar-refractivity contribution in [3.63, 3.8) is 0 Å². The molecule has 0 radical (unpaired) electrons. The molecule has 0 saturated carbocycles. The fraction of sp³-hybridized carbons (Fsp3) is 0.0909. The van der Waals surface area contributed by atoms with E-state index >= 15 is 0 Å². The summed E-state index contributed by atoms with van der Waals surface area (Å²) in [4.78, 5) is 14.6. The number of fused-ring (bicyclic) bond motifs is 1. The molecule has 0 bridgehead atoms. The molecule has 1 aromatic carbocycles. The number of pyridine rings is 1. The summed E-state index contributed by atoms with van der Waals surface area (Å²) in [5, 5.41) is 1.98. The van der Waals surface area contributed by atoms with Gasteiger partial charge in [0.1, 0.15) is 5.75 Å². The minimum Gasteiger partial charge on any atom is -0.483 e. The van der Waals surface area contributed by atoms with Crippen LogP contribution in [0.3, 0.4) is 0 Å². The predicted molar refractivity (Wildman–Crippen MR) is 64.1 cm³/mol. The Morgan fingerprint density at radius 1 is 1.44 bits per heavy atom. The van der Waals surface area contributed by atoms with E-state index in [-0.39, 0.29) is 6.61 Å². The molecule has 2 N–H and O–H groups in total. The third kappa shape index (κ3) is 2.14. The highest BCUT2D eigenvalue weighted by Crippen LogP contribution is 2.32. The summed E-state index contributed by atoms with van der Waals surface area (Å²) < 4.78 is 6.03. The number of ether oxygens (including phenoxy) is 1. The summed E-state index contributed by atoms with van der Waals surface area (Å²) in [5.74, 6) is 0.0810. The van der Waals surface area contributed by atoms with Crippen LogP contribution >= 0.6 is 15.9 Å². The van der Waals surface area contributed by atoms with Crippen LogP contribution in [0.15, 0.2) is 35.1 Å². The molecule has 16 heavy (non-hydrogen) atoms. The first kappa shape index (κ1) is 10.9. The zero-order valence-corrected chi connectivity index (χ0v) is 9.90. The number of benzene rings is 1. The lowest BCUT2D eigenvalue weighted by Crippen LogP contribution is -2.20. The number of amides is 1. The smallest absolute Gasteiger partial charge is 0.255 e. The molecule has 0 spiro atoms. The van der Waals surface area contributed by atoms with Crippen LogP contribution in [0, 0.1) is 0 Å². The van der Waals surface area contributed by atoms with Crippen LogP contribution in [0.4, 0.5) is 0 Å². The Morgan fingerprint density at radius 2 is 2.25 bits per heavy atom. The Hall–Kier alpha value is -1.62. The molecule has 1 aromatic heterocycles. The van der Waals surface area contributed by atoms with Gasteiger partial charge in [-0.3, -0.25) is 9.78 Å². The van der Waals surface area contributed by atoms with Gasteiger partial charge in [0.2, 0.25) is 0 Å². The molecule has 5 heteroatoms. The Morgan fingerprint density at radius 3 is 3.00 bits per heavy atom. The Kier molecular flexibility index (Phi) is 3.05. The molecule has 2 aromatic rings. The van der Waals surface area contributed by atoms with Crippen molar-refractivity contribution in [1.82, 2.24) is 4.98 Å². The van der Waals surface area contributed by atoms with E-state index in [1.807, 2.05) is 12.1 Å². The van der Waals surface area contributed by atoms with Crippen molar-refractivity contribution in [3.8, 4) is 5.75 Å². The van der Waals surface area contributed by atoms with Gasteiger partial charge < -0.3 is 10.5 Å². The molecule has 0 aliphatic heterocycles. The number of aromatic nitrogens is 1. The number of halogens is 1. The second-order valence-electron chi connectivity index (χ2n) is 3.23. The average molecular weight is 281 g/mol. The van der Waals surface area contributed by atoms with Gasteiger partial charge in [-0.2, -0.15) is 0 Å². The first-order valence-electron chi connectivity index (χ1n) is 4.62. The second-order valence-corrected chi connectivity index (χ2v) is 4.02. The standard InChI is InChI=1S/C11H9BrN2O2/c12-11-8-5-14-4-3-7(8)1-2-9(11)16-6-10(13)15/h1-5H,6H2,(H2,13,15). The molecule has 0 unspecified atom stereocenters. The van der Waals surface area contributed by atoms with Crippen LogP contribution in [0.2, 0.25) is 0 Å².